The van der Waals surface area contributed by atoms with Crippen LogP contribution in [0.3, 0.4) is 0 Å². The maximum atomic E-state index is 12.8. The maximum Gasteiger partial charge on any atom is 0.220 e. The number of hydrogen-bond acceptors (Lipinski definition) is 8. The summed E-state index contributed by atoms with van der Waals surface area (Å²) in [6.45, 7) is 3.76. The van der Waals surface area contributed by atoms with Gasteiger partial charge in [0.25, 0.3) is 0 Å². The van der Waals surface area contributed by atoms with Crippen LogP contribution in [-0.4, -0.2) is 87.5 Å². The number of hydrogen-bond donors (Lipinski definition) is 6. The van der Waals surface area contributed by atoms with Gasteiger partial charge < -0.3 is 40.3 Å². The molecule has 6 N–H and O–H groups in total. The predicted molar refractivity (Wildman–Crippen MR) is 198 cm³/mol. The van der Waals surface area contributed by atoms with E-state index >= 15 is 0 Å². The lowest BCUT2D eigenvalue weighted by Gasteiger charge is -2.40. The first-order valence-electron chi connectivity index (χ1n) is 20.0. The average Bonchev–Trinajstić information content (AvgIpc) is 3.10. The molecule has 0 radical (unpaired) electrons. The van der Waals surface area contributed by atoms with Crippen LogP contribution in [0.1, 0.15) is 168 Å². The minimum atomic E-state index is -1.56. The third-order valence-electron chi connectivity index (χ3n) is 9.57. The molecule has 0 saturated carbocycles. The SMILES string of the molecule is CCCCCCCC/C=C\C/C=C\CCC(=O)NC(COC1OC(CO)C(O)C(O)C1O)C(O)CCCCCCCCCCCCCCC. The summed E-state index contributed by atoms with van der Waals surface area (Å²) in [6, 6.07) is -0.744. The van der Waals surface area contributed by atoms with Gasteiger partial charge in [-0.3, -0.25) is 4.79 Å². The van der Waals surface area contributed by atoms with Crippen molar-refractivity contribution in [2.75, 3.05) is 13.2 Å². The van der Waals surface area contributed by atoms with Gasteiger partial charge in [-0.25, -0.2) is 0 Å². The van der Waals surface area contributed by atoms with Gasteiger partial charge in [0.05, 0.1) is 25.4 Å². The Hall–Kier alpha value is -1.33. The Morgan fingerprint density at radius 1 is 0.694 bits per heavy atom. The number of aliphatic hydroxyl groups excluding tert-OH is 5. The summed E-state index contributed by atoms with van der Waals surface area (Å²) in [5, 5.41) is 54.0. The lowest BCUT2D eigenvalue weighted by molar-refractivity contribution is -0.302. The van der Waals surface area contributed by atoms with Crippen molar-refractivity contribution in [3.8, 4) is 0 Å². The van der Waals surface area contributed by atoms with Gasteiger partial charge in [-0.15, -0.1) is 0 Å². The zero-order valence-electron chi connectivity index (χ0n) is 31.2. The van der Waals surface area contributed by atoms with Crippen LogP contribution in [0.25, 0.3) is 0 Å². The Kier molecular flexibility index (Phi) is 29.3. The van der Waals surface area contributed by atoms with Crippen LogP contribution < -0.4 is 5.32 Å². The lowest BCUT2D eigenvalue weighted by Crippen LogP contribution is -2.60. The van der Waals surface area contributed by atoms with E-state index in [1.807, 2.05) is 6.08 Å². The van der Waals surface area contributed by atoms with Gasteiger partial charge in [0, 0.05) is 6.42 Å². The lowest BCUT2D eigenvalue weighted by atomic mass is 9.99. The number of allylic oxidation sites excluding steroid dienone is 4. The number of unbranched alkanes of at least 4 members (excludes halogenated alkanes) is 18. The van der Waals surface area contributed by atoms with Gasteiger partial charge in [0.2, 0.25) is 5.91 Å². The molecule has 0 aromatic heterocycles. The first-order chi connectivity index (χ1) is 23.8. The standard InChI is InChI=1S/C40H75NO8/c1-3-5-7-9-11-13-15-17-19-21-23-25-27-29-34(43)33(32-48-40-39(47)38(46)37(45)35(31-42)49-40)41-36(44)30-28-26-24-22-20-18-16-14-12-10-8-6-4-2/h18,20,24,26,33-35,37-40,42-43,45-47H,3-17,19,21-23,25,27-32H2,1-2H3,(H,41,44)/b20-18-,26-24-. The van der Waals surface area contributed by atoms with E-state index in [1.54, 1.807) is 0 Å². The number of amides is 1. The third-order valence-corrected chi connectivity index (χ3v) is 9.57. The molecule has 0 spiro atoms. The highest BCUT2D eigenvalue weighted by molar-refractivity contribution is 5.76. The van der Waals surface area contributed by atoms with Crippen LogP contribution in [0.2, 0.25) is 0 Å². The van der Waals surface area contributed by atoms with E-state index in [0.717, 1.165) is 32.1 Å². The van der Waals surface area contributed by atoms with Gasteiger partial charge >= 0.3 is 0 Å². The molecule has 1 heterocycles. The molecule has 288 valence electrons. The monoisotopic (exact) mass is 698 g/mol. The zero-order valence-corrected chi connectivity index (χ0v) is 31.2. The van der Waals surface area contributed by atoms with Crippen LogP contribution in [0.15, 0.2) is 24.3 Å². The van der Waals surface area contributed by atoms with Crippen LogP contribution >= 0.6 is 0 Å². The first-order valence-corrected chi connectivity index (χ1v) is 20.0. The Labute approximate surface area is 298 Å². The van der Waals surface area contributed by atoms with Crippen LogP contribution in [0.5, 0.6) is 0 Å². The largest absolute Gasteiger partial charge is 0.394 e. The summed E-state index contributed by atoms with van der Waals surface area (Å²) in [5.41, 5.74) is 0. The number of aliphatic hydroxyl groups is 5. The Balaban J connectivity index is 2.45. The summed E-state index contributed by atoms with van der Waals surface area (Å²) in [4.78, 5) is 12.8. The second kappa shape index (κ2) is 31.4. The smallest absolute Gasteiger partial charge is 0.220 e. The van der Waals surface area contributed by atoms with Crippen molar-refractivity contribution in [3.05, 3.63) is 24.3 Å². The molecule has 1 aliphatic heterocycles. The summed E-state index contributed by atoms with van der Waals surface area (Å²) in [6.07, 6.45) is 27.7. The molecule has 0 aliphatic carbocycles. The summed E-state index contributed by atoms with van der Waals surface area (Å²) in [7, 11) is 0. The molecule has 1 amide bonds. The highest BCUT2D eigenvalue weighted by atomic mass is 16.7. The van der Waals surface area contributed by atoms with Crippen molar-refractivity contribution in [1.82, 2.24) is 5.32 Å². The van der Waals surface area contributed by atoms with Crippen LogP contribution in [-0.2, 0) is 14.3 Å². The topological polar surface area (TPSA) is 149 Å². The van der Waals surface area contributed by atoms with Crippen LogP contribution in [0.4, 0.5) is 0 Å². The van der Waals surface area contributed by atoms with E-state index in [0.29, 0.717) is 12.8 Å². The molecule has 0 aromatic carbocycles. The minimum absolute atomic E-state index is 0.159. The first kappa shape index (κ1) is 45.7. The molecule has 1 rings (SSSR count). The number of ether oxygens (including phenoxy) is 2. The highest BCUT2D eigenvalue weighted by Gasteiger charge is 2.44. The van der Waals surface area contributed by atoms with Gasteiger partial charge in [-0.1, -0.05) is 154 Å². The fourth-order valence-corrected chi connectivity index (χ4v) is 6.27. The van der Waals surface area contributed by atoms with Crippen molar-refractivity contribution in [2.45, 2.75) is 211 Å². The van der Waals surface area contributed by atoms with E-state index in [9.17, 15) is 30.3 Å². The second-order valence-corrected chi connectivity index (χ2v) is 14.1. The molecule has 7 atom stereocenters. The molecule has 1 fully saturated rings. The van der Waals surface area contributed by atoms with Crippen molar-refractivity contribution >= 4 is 5.91 Å². The van der Waals surface area contributed by atoms with E-state index in [1.165, 1.54) is 103 Å². The number of carbonyl (C=O) groups excluding carboxylic acids is 1. The predicted octanol–water partition coefficient (Wildman–Crippen LogP) is 7.16. The normalized spacial score (nSPS) is 22.6. The molecule has 9 nitrogen and oxygen atoms in total. The summed E-state index contributed by atoms with van der Waals surface area (Å²) < 4.78 is 11.2. The fourth-order valence-electron chi connectivity index (χ4n) is 6.27. The summed E-state index contributed by atoms with van der Waals surface area (Å²) in [5.74, 6) is -0.213. The highest BCUT2D eigenvalue weighted by Crippen LogP contribution is 2.23. The maximum absolute atomic E-state index is 12.8. The number of rotatable bonds is 32. The molecule has 7 unspecified atom stereocenters. The van der Waals surface area contributed by atoms with Gasteiger partial charge in [-0.05, 0) is 32.1 Å². The average molecular weight is 698 g/mol. The molecular weight excluding hydrogens is 622 g/mol. The Morgan fingerprint density at radius 3 is 1.76 bits per heavy atom. The van der Waals surface area contributed by atoms with Crippen molar-refractivity contribution in [3.63, 3.8) is 0 Å². The van der Waals surface area contributed by atoms with Crippen LogP contribution in [0, 0.1) is 0 Å². The Morgan fingerprint density at radius 2 is 1.20 bits per heavy atom. The zero-order chi connectivity index (χ0) is 36.0. The van der Waals surface area contributed by atoms with E-state index in [2.05, 4.69) is 37.4 Å². The van der Waals surface area contributed by atoms with Gasteiger partial charge in [0.1, 0.15) is 24.4 Å². The molecule has 49 heavy (non-hydrogen) atoms. The molecule has 0 aromatic rings. The fraction of sp³-hybridized carbons (Fsp3) is 0.875. The van der Waals surface area contributed by atoms with Crippen molar-refractivity contribution < 1.29 is 39.8 Å². The van der Waals surface area contributed by atoms with E-state index in [-0.39, 0.29) is 18.9 Å². The van der Waals surface area contributed by atoms with Gasteiger partial charge in [-0.2, -0.15) is 0 Å². The van der Waals surface area contributed by atoms with Crippen molar-refractivity contribution in [1.29, 1.82) is 0 Å². The molecule has 1 aliphatic rings. The third kappa shape index (κ3) is 23.0. The quantitative estimate of drug-likeness (QED) is 0.0320. The molecule has 9 heteroatoms. The number of nitrogens with one attached hydrogen (secondary N) is 1. The molecule has 1 saturated heterocycles. The second-order valence-electron chi connectivity index (χ2n) is 14.1. The molecule has 0 bridgehead atoms. The summed E-state index contributed by atoms with van der Waals surface area (Å²) >= 11 is 0. The van der Waals surface area contributed by atoms with E-state index in [4.69, 9.17) is 9.47 Å². The molecular formula is C40H75NO8. The van der Waals surface area contributed by atoms with E-state index < -0.39 is 49.5 Å². The number of carbonyl (C=O) groups is 1. The van der Waals surface area contributed by atoms with Gasteiger partial charge in [0.15, 0.2) is 6.29 Å². The minimum Gasteiger partial charge on any atom is -0.394 e. The van der Waals surface area contributed by atoms with Crippen molar-refractivity contribution in [2.24, 2.45) is 0 Å². The Bertz CT molecular complexity index is 822.